The number of hydrogen-bond donors (Lipinski definition) is 1. The van der Waals surface area contributed by atoms with Gasteiger partial charge in [-0.2, -0.15) is 0 Å². The van der Waals surface area contributed by atoms with Gasteiger partial charge in [0.05, 0.1) is 7.11 Å². The van der Waals surface area contributed by atoms with Crippen molar-refractivity contribution in [2.75, 3.05) is 21.2 Å². The number of hydrogen-bond acceptors (Lipinski definition) is 3. The molecule has 0 unspecified atom stereocenters. The minimum atomic E-state index is -0.969. The quantitative estimate of drug-likeness (QED) is 0.815. The summed E-state index contributed by atoms with van der Waals surface area (Å²) in [5.74, 6) is -0.565. The summed E-state index contributed by atoms with van der Waals surface area (Å²) in [7, 11) is 5.39. The summed E-state index contributed by atoms with van der Waals surface area (Å²) in [5, 5.41) is 8.88. The highest BCUT2D eigenvalue weighted by Crippen LogP contribution is 2.20. The zero-order valence-corrected chi connectivity index (χ0v) is 9.15. The molecule has 0 heterocycles. The van der Waals surface area contributed by atoms with Gasteiger partial charge in [-0.3, -0.25) is 0 Å². The van der Waals surface area contributed by atoms with Crippen molar-refractivity contribution in [3.8, 4) is 5.75 Å². The van der Waals surface area contributed by atoms with Gasteiger partial charge in [-0.15, -0.1) is 0 Å². The molecule has 0 saturated heterocycles. The van der Waals surface area contributed by atoms with Gasteiger partial charge in [-0.05, 0) is 31.8 Å². The normalized spacial score (nSPS) is 10.4. The molecular formula is C11H15NO3. The van der Waals surface area contributed by atoms with Crippen LogP contribution in [0.4, 0.5) is 0 Å². The molecule has 1 N–H and O–H groups in total. The van der Waals surface area contributed by atoms with Crippen LogP contribution in [0.1, 0.15) is 15.9 Å². The van der Waals surface area contributed by atoms with Crippen molar-refractivity contribution >= 4 is 5.97 Å². The van der Waals surface area contributed by atoms with Crippen LogP contribution in [-0.4, -0.2) is 37.2 Å². The zero-order valence-electron chi connectivity index (χ0n) is 9.15. The van der Waals surface area contributed by atoms with Crippen molar-refractivity contribution in [2.24, 2.45) is 0 Å². The lowest BCUT2D eigenvalue weighted by Crippen LogP contribution is -2.11. The summed E-state index contributed by atoms with van der Waals surface area (Å²) in [4.78, 5) is 12.8. The van der Waals surface area contributed by atoms with E-state index in [0.717, 1.165) is 12.1 Å². The van der Waals surface area contributed by atoms with Crippen LogP contribution in [0.25, 0.3) is 0 Å². The lowest BCUT2D eigenvalue weighted by Gasteiger charge is -2.11. The Morgan fingerprint density at radius 3 is 2.60 bits per heavy atom. The van der Waals surface area contributed by atoms with Crippen molar-refractivity contribution < 1.29 is 14.6 Å². The minimum Gasteiger partial charge on any atom is -0.496 e. The van der Waals surface area contributed by atoms with Gasteiger partial charge in [0.2, 0.25) is 0 Å². The third-order valence-corrected chi connectivity index (χ3v) is 2.00. The molecule has 0 amide bonds. The van der Waals surface area contributed by atoms with Gasteiger partial charge in [0, 0.05) is 6.54 Å². The average Bonchev–Trinajstić information content (AvgIpc) is 2.16. The van der Waals surface area contributed by atoms with Crippen LogP contribution >= 0.6 is 0 Å². The maximum atomic E-state index is 10.8. The van der Waals surface area contributed by atoms with Crippen LogP contribution < -0.4 is 4.74 Å². The Hall–Kier alpha value is -1.55. The van der Waals surface area contributed by atoms with Crippen molar-refractivity contribution in [1.29, 1.82) is 0 Å². The van der Waals surface area contributed by atoms with Crippen LogP contribution in [0.15, 0.2) is 18.2 Å². The Morgan fingerprint density at radius 2 is 2.13 bits per heavy atom. The van der Waals surface area contributed by atoms with E-state index in [4.69, 9.17) is 9.84 Å². The number of rotatable bonds is 4. The molecule has 0 fully saturated rings. The van der Waals surface area contributed by atoms with E-state index in [2.05, 4.69) is 0 Å². The van der Waals surface area contributed by atoms with Crippen LogP contribution in [0.5, 0.6) is 5.75 Å². The second-order valence-electron chi connectivity index (χ2n) is 3.58. The van der Waals surface area contributed by atoms with E-state index in [9.17, 15) is 4.79 Å². The Bertz CT molecular complexity index is 361. The van der Waals surface area contributed by atoms with Crippen molar-refractivity contribution in [3.63, 3.8) is 0 Å². The Morgan fingerprint density at radius 1 is 1.47 bits per heavy atom. The topological polar surface area (TPSA) is 49.8 Å². The first-order valence-corrected chi connectivity index (χ1v) is 4.59. The average molecular weight is 209 g/mol. The lowest BCUT2D eigenvalue weighted by atomic mass is 10.1. The van der Waals surface area contributed by atoms with Gasteiger partial charge in [0.15, 0.2) is 0 Å². The fourth-order valence-electron chi connectivity index (χ4n) is 1.38. The number of carbonyl (C=O) groups is 1. The first-order valence-electron chi connectivity index (χ1n) is 4.59. The standard InChI is InChI=1S/C11H15NO3/c1-12(2)7-8-4-5-9(11(13)14)10(6-8)15-3/h4-6H,7H2,1-3H3,(H,13,14). The molecule has 0 aliphatic rings. The van der Waals surface area contributed by atoms with Gasteiger partial charge < -0.3 is 14.7 Å². The molecule has 15 heavy (non-hydrogen) atoms. The van der Waals surface area contributed by atoms with E-state index >= 15 is 0 Å². The maximum absolute atomic E-state index is 10.8. The van der Waals surface area contributed by atoms with E-state index in [0.29, 0.717) is 5.75 Å². The predicted octanol–water partition coefficient (Wildman–Crippen LogP) is 1.46. The molecule has 1 rings (SSSR count). The summed E-state index contributed by atoms with van der Waals surface area (Å²) >= 11 is 0. The van der Waals surface area contributed by atoms with Crippen molar-refractivity contribution in [1.82, 2.24) is 4.90 Å². The number of benzene rings is 1. The number of carboxylic acids is 1. The molecule has 0 radical (unpaired) electrons. The van der Waals surface area contributed by atoms with Gasteiger partial charge in [0.1, 0.15) is 11.3 Å². The molecule has 0 bridgehead atoms. The first-order chi connectivity index (χ1) is 7.04. The highest BCUT2D eigenvalue weighted by molar-refractivity contribution is 5.90. The molecule has 1 aromatic rings. The third kappa shape index (κ3) is 2.95. The molecule has 0 atom stereocenters. The SMILES string of the molecule is COc1cc(CN(C)C)ccc1C(=O)O. The summed E-state index contributed by atoms with van der Waals surface area (Å²) in [6.45, 7) is 0.760. The van der Waals surface area contributed by atoms with Gasteiger partial charge in [-0.25, -0.2) is 4.79 Å². The molecule has 0 spiro atoms. The second kappa shape index (κ2) is 4.79. The monoisotopic (exact) mass is 209 g/mol. The number of ether oxygens (including phenoxy) is 1. The van der Waals surface area contributed by atoms with Crippen LogP contribution in [0, 0.1) is 0 Å². The number of nitrogens with zero attached hydrogens (tertiary/aromatic N) is 1. The number of carboxylic acid groups (broad SMARTS) is 1. The summed E-state index contributed by atoms with van der Waals surface area (Å²) in [6, 6.07) is 5.12. The summed E-state index contributed by atoms with van der Waals surface area (Å²) in [6.07, 6.45) is 0. The van der Waals surface area contributed by atoms with Crippen molar-refractivity contribution in [3.05, 3.63) is 29.3 Å². The fraction of sp³-hybridized carbons (Fsp3) is 0.364. The molecule has 0 saturated carbocycles. The molecule has 82 valence electrons. The highest BCUT2D eigenvalue weighted by atomic mass is 16.5. The maximum Gasteiger partial charge on any atom is 0.339 e. The molecule has 4 heteroatoms. The van der Waals surface area contributed by atoms with Crippen LogP contribution in [0.3, 0.4) is 0 Å². The van der Waals surface area contributed by atoms with E-state index in [1.807, 2.05) is 19.0 Å². The highest BCUT2D eigenvalue weighted by Gasteiger charge is 2.11. The van der Waals surface area contributed by atoms with Crippen LogP contribution in [-0.2, 0) is 6.54 Å². The van der Waals surface area contributed by atoms with Gasteiger partial charge in [-0.1, -0.05) is 6.07 Å². The zero-order chi connectivity index (χ0) is 11.4. The minimum absolute atomic E-state index is 0.194. The van der Waals surface area contributed by atoms with Gasteiger partial charge >= 0.3 is 5.97 Å². The van der Waals surface area contributed by atoms with Gasteiger partial charge in [0.25, 0.3) is 0 Å². The molecule has 0 aliphatic heterocycles. The molecule has 0 aromatic heterocycles. The third-order valence-electron chi connectivity index (χ3n) is 2.00. The second-order valence-corrected chi connectivity index (χ2v) is 3.58. The molecule has 1 aromatic carbocycles. The predicted molar refractivity (Wildman–Crippen MR) is 57.3 cm³/mol. The Balaban J connectivity index is 3.02. The molecular weight excluding hydrogens is 194 g/mol. The molecule has 0 aliphatic carbocycles. The number of aromatic carboxylic acids is 1. The van der Waals surface area contributed by atoms with E-state index < -0.39 is 5.97 Å². The summed E-state index contributed by atoms with van der Waals surface area (Å²) in [5.41, 5.74) is 1.22. The smallest absolute Gasteiger partial charge is 0.339 e. The summed E-state index contributed by atoms with van der Waals surface area (Å²) < 4.78 is 5.03. The fourth-order valence-corrected chi connectivity index (χ4v) is 1.38. The van der Waals surface area contributed by atoms with E-state index in [1.54, 1.807) is 18.2 Å². The largest absolute Gasteiger partial charge is 0.496 e. The Kier molecular flexibility index (Phi) is 3.68. The lowest BCUT2D eigenvalue weighted by molar-refractivity contribution is 0.0693. The Labute approximate surface area is 89.1 Å². The van der Waals surface area contributed by atoms with E-state index in [-0.39, 0.29) is 5.56 Å². The van der Waals surface area contributed by atoms with Crippen molar-refractivity contribution in [2.45, 2.75) is 6.54 Å². The van der Waals surface area contributed by atoms with Crippen LogP contribution in [0.2, 0.25) is 0 Å². The number of methoxy groups -OCH3 is 1. The first kappa shape index (κ1) is 11.5. The molecule has 4 nitrogen and oxygen atoms in total. The van der Waals surface area contributed by atoms with E-state index in [1.165, 1.54) is 7.11 Å².